The maximum atomic E-state index is 9.55. The van der Waals surface area contributed by atoms with Crippen molar-refractivity contribution in [1.82, 2.24) is 4.90 Å². The largest absolute Gasteiger partial charge is 0.497 e. The third-order valence-electron chi connectivity index (χ3n) is 4.77. The molecule has 0 saturated carbocycles. The van der Waals surface area contributed by atoms with E-state index >= 15 is 0 Å². The van der Waals surface area contributed by atoms with Gasteiger partial charge in [0.15, 0.2) is 0 Å². The second-order valence-corrected chi connectivity index (χ2v) is 6.45. The molecule has 0 spiro atoms. The summed E-state index contributed by atoms with van der Waals surface area (Å²) in [7, 11) is 3.94. The number of methoxy groups -OCH3 is 1. The molecule has 0 aromatic heterocycles. The van der Waals surface area contributed by atoms with Crippen molar-refractivity contribution in [1.29, 1.82) is 0 Å². The minimum atomic E-state index is -1.26. The standard InChI is InChI=1S/C15H21NO2.C4H4O4/c1-16-11-6-7-12(16)9-15(8-11)18-14-5-3-4-13(10-14)17-2;5-3(6)1-2-4(7)8/h3-5,10-12,15H,6-9H2,1-2H3;1-2H,(H,5,6)(H,7,8)/b;2-1+. The fraction of sp³-hybridized carbons (Fsp3) is 0.474. The number of carbonyl (C=O) groups is 2. The van der Waals surface area contributed by atoms with Crippen LogP contribution in [-0.4, -0.2) is 59.4 Å². The van der Waals surface area contributed by atoms with Gasteiger partial charge < -0.3 is 24.6 Å². The average molecular weight is 363 g/mol. The molecule has 0 amide bonds. The molecule has 1 aromatic rings. The quantitative estimate of drug-likeness (QED) is 0.776. The van der Waals surface area contributed by atoms with Crippen LogP contribution in [0.4, 0.5) is 0 Å². The maximum absolute atomic E-state index is 9.55. The van der Waals surface area contributed by atoms with Gasteiger partial charge in [-0.2, -0.15) is 0 Å². The summed E-state index contributed by atoms with van der Waals surface area (Å²) in [6.45, 7) is 0. The summed E-state index contributed by atoms with van der Waals surface area (Å²) >= 11 is 0. The van der Waals surface area contributed by atoms with Crippen molar-refractivity contribution in [3.63, 3.8) is 0 Å². The number of aliphatic carboxylic acids is 2. The number of ether oxygens (including phenoxy) is 2. The number of fused-ring (bicyclic) bond motifs is 2. The number of carboxylic acids is 2. The van der Waals surface area contributed by atoms with Gasteiger partial charge in [0.05, 0.1) is 7.11 Å². The molecule has 0 aliphatic carbocycles. The molecule has 2 bridgehead atoms. The van der Waals surface area contributed by atoms with Crippen LogP contribution in [0.15, 0.2) is 36.4 Å². The Labute approximate surface area is 152 Å². The number of benzene rings is 1. The van der Waals surface area contributed by atoms with Crippen molar-refractivity contribution >= 4 is 11.9 Å². The number of piperidine rings is 1. The Hall–Kier alpha value is -2.54. The molecule has 7 nitrogen and oxygen atoms in total. The van der Waals surface area contributed by atoms with Crippen LogP contribution in [0.2, 0.25) is 0 Å². The SMILES string of the molecule is COc1cccc(OC2CC3CCC(C2)N3C)c1.O=C(O)/C=C/C(=O)O. The number of nitrogens with zero attached hydrogens (tertiary/aromatic N) is 1. The Bertz CT molecular complexity index is 629. The molecule has 7 heteroatoms. The van der Waals surface area contributed by atoms with Gasteiger partial charge in [-0.15, -0.1) is 0 Å². The lowest BCUT2D eigenvalue weighted by molar-refractivity contribution is -0.134. The highest BCUT2D eigenvalue weighted by Crippen LogP contribution is 2.36. The van der Waals surface area contributed by atoms with Crippen LogP contribution in [0.5, 0.6) is 11.5 Å². The predicted molar refractivity (Wildman–Crippen MR) is 95.6 cm³/mol. The van der Waals surface area contributed by atoms with E-state index in [-0.39, 0.29) is 0 Å². The molecular formula is C19H25NO6. The van der Waals surface area contributed by atoms with E-state index < -0.39 is 11.9 Å². The molecular weight excluding hydrogens is 338 g/mol. The zero-order valence-electron chi connectivity index (χ0n) is 15.0. The number of hydrogen-bond donors (Lipinski definition) is 2. The average Bonchev–Trinajstić information content (AvgIpc) is 2.82. The number of hydrogen-bond acceptors (Lipinski definition) is 5. The highest BCUT2D eigenvalue weighted by Gasteiger charge is 2.39. The summed E-state index contributed by atoms with van der Waals surface area (Å²) in [5, 5.41) is 15.6. The van der Waals surface area contributed by atoms with Crippen molar-refractivity contribution in [2.75, 3.05) is 14.2 Å². The van der Waals surface area contributed by atoms with Gasteiger partial charge in [-0.1, -0.05) is 6.07 Å². The molecule has 2 fully saturated rings. The van der Waals surface area contributed by atoms with E-state index in [4.69, 9.17) is 19.7 Å². The van der Waals surface area contributed by atoms with E-state index in [1.54, 1.807) is 7.11 Å². The third-order valence-corrected chi connectivity index (χ3v) is 4.77. The number of rotatable bonds is 5. The zero-order chi connectivity index (χ0) is 19.1. The molecule has 26 heavy (non-hydrogen) atoms. The first kappa shape index (κ1) is 19.8. The van der Waals surface area contributed by atoms with Gasteiger partial charge >= 0.3 is 11.9 Å². The lowest BCUT2D eigenvalue weighted by Gasteiger charge is -2.36. The van der Waals surface area contributed by atoms with E-state index in [2.05, 4.69) is 11.9 Å². The lowest BCUT2D eigenvalue weighted by atomic mass is 10.0. The molecule has 2 heterocycles. The van der Waals surface area contributed by atoms with E-state index in [1.165, 1.54) is 12.8 Å². The van der Waals surface area contributed by atoms with Gasteiger partial charge in [0.2, 0.25) is 0 Å². The van der Waals surface area contributed by atoms with Gasteiger partial charge in [-0.3, -0.25) is 0 Å². The van der Waals surface area contributed by atoms with E-state index in [0.717, 1.165) is 36.4 Å². The summed E-state index contributed by atoms with van der Waals surface area (Å²) < 4.78 is 11.3. The Morgan fingerprint density at radius 1 is 1.08 bits per heavy atom. The summed E-state index contributed by atoms with van der Waals surface area (Å²) in [5.41, 5.74) is 0. The van der Waals surface area contributed by atoms with E-state index in [0.29, 0.717) is 18.3 Å². The summed E-state index contributed by atoms with van der Waals surface area (Å²) in [4.78, 5) is 21.6. The van der Waals surface area contributed by atoms with Crippen LogP contribution in [0, 0.1) is 0 Å². The molecule has 2 N–H and O–H groups in total. The second-order valence-electron chi connectivity index (χ2n) is 6.45. The highest BCUT2D eigenvalue weighted by atomic mass is 16.5. The Morgan fingerprint density at radius 3 is 2.12 bits per heavy atom. The van der Waals surface area contributed by atoms with Crippen molar-refractivity contribution in [2.24, 2.45) is 0 Å². The van der Waals surface area contributed by atoms with Crippen LogP contribution >= 0.6 is 0 Å². The summed E-state index contributed by atoms with van der Waals surface area (Å²) in [6, 6.07) is 9.37. The first-order chi connectivity index (χ1) is 12.4. The number of carboxylic acid groups (broad SMARTS) is 2. The molecule has 2 aliphatic rings. The minimum Gasteiger partial charge on any atom is -0.497 e. The zero-order valence-corrected chi connectivity index (χ0v) is 15.0. The van der Waals surface area contributed by atoms with Crippen LogP contribution in [0.3, 0.4) is 0 Å². The van der Waals surface area contributed by atoms with Crippen molar-refractivity contribution in [2.45, 2.75) is 43.9 Å². The van der Waals surface area contributed by atoms with Crippen LogP contribution in [0.25, 0.3) is 0 Å². The van der Waals surface area contributed by atoms with Gasteiger partial charge in [-0.25, -0.2) is 9.59 Å². The Balaban J connectivity index is 0.000000260. The third kappa shape index (κ3) is 5.77. The predicted octanol–water partition coefficient (Wildman–Crippen LogP) is 2.41. The van der Waals surface area contributed by atoms with Crippen LogP contribution in [0.1, 0.15) is 25.7 Å². The molecule has 3 rings (SSSR count). The normalized spacial score (nSPS) is 24.6. The fourth-order valence-corrected chi connectivity index (χ4v) is 3.47. The van der Waals surface area contributed by atoms with Gasteiger partial charge in [-0.05, 0) is 44.9 Å². The Kier molecular flexibility index (Phi) is 7.03. The molecule has 2 saturated heterocycles. The fourth-order valence-electron chi connectivity index (χ4n) is 3.47. The van der Waals surface area contributed by atoms with Crippen molar-refractivity contribution in [3.8, 4) is 11.5 Å². The maximum Gasteiger partial charge on any atom is 0.328 e. The van der Waals surface area contributed by atoms with Gasteiger partial charge in [0.1, 0.15) is 17.6 Å². The first-order valence-corrected chi connectivity index (χ1v) is 8.55. The van der Waals surface area contributed by atoms with Gasteiger partial charge in [0.25, 0.3) is 0 Å². The first-order valence-electron chi connectivity index (χ1n) is 8.55. The topological polar surface area (TPSA) is 96.3 Å². The highest BCUT2D eigenvalue weighted by molar-refractivity contribution is 5.89. The van der Waals surface area contributed by atoms with E-state index in [9.17, 15) is 9.59 Å². The molecule has 142 valence electrons. The Morgan fingerprint density at radius 2 is 1.62 bits per heavy atom. The van der Waals surface area contributed by atoms with Crippen LogP contribution in [-0.2, 0) is 9.59 Å². The summed E-state index contributed by atoms with van der Waals surface area (Å²) in [5.74, 6) is -0.716. The van der Waals surface area contributed by atoms with Crippen LogP contribution < -0.4 is 9.47 Å². The second kappa shape index (κ2) is 9.24. The smallest absolute Gasteiger partial charge is 0.328 e. The molecule has 2 aliphatic heterocycles. The lowest BCUT2D eigenvalue weighted by Crippen LogP contribution is -2.43. The molecule has 2 atom stereocenters. The van der Waals surface area contributed by atoms with Crippen molar-refractivity contribution < 1.29 is 29.3 Å². The molecule has 2 unspecified atom stereocenters. The van der Waals surface area contributed by atoms with Gasteiger partial charge in [0, 0.05) is 30.3 Å². The van der Waals surface area contributed by atoms with Crippen molar-refractivity contribution in [3.05, 3.63) is 36.4 Å². The molecule has 1 aromatic carbocycles. The monoisotopic (exact) mass is 363 g/mol. The molecule has 0 radical (unpaired) electrons. The minimum absolute atomic E-state index is 0.366. The summed E-state index contributed by atoms with van der Waals surface area (Å²) in [6.07, 6.45) is 6.46. The van der Waals surface area contributed by atoms with E-state index in [1.807, 2.05) is 24.3 Å².